The fourth-order valence-corrected chi connectivity index (χ4v) is 2.93. The van der Waals surface area contributed by atoms with Crippen molar-refractivity contribution in [3.05, 3.63) is 47.0 Å². The van der Waals surface area contributed by atoms with Crippen LogP contribution in [0.5, 0.6) is 0 Å². The van der Waals surface area contributed by atoms with Crippen molar-refractivity contribution in [3.8, 4) is 5.69 Å². The van der Waals surface area contributed by atoms with Gasteiger partial charge in [0.25, 0.3) is 0 Å². The second-order valence-electron chi connectivity index (χ2n) is 5.09. The van der Waals surface area contributed by atoms with E-state index in [1.807, 2.05) is 18.5 Å². The molecule has 0 radical (unpaired) electrons. The molecule has 0 fully saturated rings. The van der Waals surface area contributed by atoms with Crippen LogP contribution in [0, 0.1) is 13.8 Å². The first-order valence-corrected chi connectivity index (χ1v) is 6.48. The molecule has 2 aromatic rings. The molecule has 94 valence electrons. The topological polar surface area (TPSA) is 38.0 Å². The Morgan fingerprint density at radius 3 is 3.00 bits per heavy atom. The van der Waals surface area contributed by atoms with Gasteiger partial charge in [-0.25, -0.2) is 0 Å². The van der Waals surface area contributed by atoms with Crippen LogP contribution in [0.3, 0.4) is 0 Å². The van der Waals surface area contributed by atoms with Crippen LogP contribution in [0.15, 0.2) is 24.5 Å². The molecule has 3 heteroatoms. The molecule has 0 aliphatic heterocycles. The summed E-state index contributed by atoms with van der Waals surface area (Å²) in [5.41, 5.74) is 5.91. The van der Waals surface area contributed by atoms with Crippen molar-refractivity contribution in [2.45, 2.75) is 39.2 Å². The van der Waals surface area contributed by atoms with E-state index in [4.69, 9.17) is 0 Å². The second-order valence-corrected chi connectivity index (χ2v) is 5.09. The molecule has 1 N–H and O–H groups in total. The Morgan fingerprint density at radius 1 is 1.39 bits per heavy atom. The average molecular weight is 242 g/mol. The van der Waals surface area contributed by atoms with E-state index in [2.05, 4.69) is 29.5 Å². The van der Waals surface area contributed by atoms with E-state index >= 15 is 0 Å². The van der Waals surface area contributed by atoms with Crippen LogP contribution in [-0.2, 0) is 6.42 Å². The Balaban J connectivity index is 2.22. The molecule has 2 aromatic heterocycles. The first-order valence-electron chi connectivity index (χ1n) is 6.48. The van der Waals surface area contributed by atoms with E-state index in [1.165, 1.54) is 22.6 Å². The predicted octanol–water partition coefficient (Wildman–Crippen LogP) is 2.86. The van der Waals surface area contributed by atoms with E-state index in [0.717, 1.165) is 24.8 Å². The van der Waals surface area contributed by atoms with Crippen LogP contribution in [0.4, 0.5) is 0 Å². The number of aryl methyl sites for hydroxylation is 2. The molecular formula is C15H18N2O. The van der Waals surface area contributed by atoms with E-state index in [-0.39, 0.29) is 6.10 Å². The third-order valence-corrected chi connectivity index (χ3v) is 3.80. The molecule has 0 amide bonds. The minimum atomic E-state index is -0.296. The third-order valence-electron chi connectivity index (χ3n) is 3.80. The first-order chi connectivity index (χ1) is 8.68. The van der Waals surface area contributed by atoms with Crippen molar-refractivity contribution in [2.24, 2.45) is 0 Å². The maximum absolute atomic E-state index is 10.1. The molecule has 3 rings (SSSR count). The smallest absolute Gasteiger partial charge is 0.0807 e. The SMILES string of the molecule is Cc1cnccc1-n1c(C)cc2c1CCCC2O. The summed E-state index contributed by atoms with van der Waals surface area (Å²) in [7, 11) is 0. The quantitative estimate of drug-likeness (QED) is 0.835. The fraction of sp³-hybridized carbons (Fsp3) is 0.400. The predicted molar refractivity (Wildman–Crippen MR) is 70.9 cm³/mol. The van der Waals surface area contributed by atoms with Gasteiger partial charge in [-0.1, -0.05) is 0 Å². The first kappa shape index (κ1) is 11.5. The molecule has 1 aliphatic carbocycles. The highest BCUT2D eigenvalue weighted by Gasteiger charge is 2.23. The van der Waals surface area contributed by atoms with Crippen LogP contribution in [0.25, 0.3) is 5.69 Å². The van der Waals surface area contributed by atoms with E-state index < -0.39 is 0 Å². The van der Waals surface area contributed by atoms with Crippen molar-refractivity contribution in [3.63, 3.8) is 0 Å². The van der Waals surface area contributed by atoms with Gasteiger partial charge in [0.05, 0.1) is 11.8 Å². The van der Waals surface area contributed by atoms with Gasteiger partial charge in [-0.15, -0.1) is 0 Å². The summed E-state index contributed by atoms with van der Waals surface area (Å²) < 4.78 is 2.27. The maximum atomic E-state index is 10.1. The average Bonchev–Trinajstić information content (AvgIpc) is 2.68. The largest absolute Gasteiger partial charge is 0.388 e. The summed E-state index contributed by atoms with van der Waals surface area (Å²) in [6, 6.07) is 4.17. The Labute approximate surface area is 107 Å². The van der Waals surface area contributed by atoms with Crippen molar-refractivity contribution in [2.75, 3.05) is 0 Å². The number of hydrogen-bond acceptors (Lipinski definition) is 2. The van der Waals surface area contributed by atoms with Gasteiger partial charge < -0.3 is 9.67 Å². The molecule has 0 saturated carbocycles. The van der Waals surface area contributed by atoms with Crippen molar-refractivity contribution in [1.29, 1.82) is 0 Å². The lowest BCUT2D eigenvalue weighted by atomic mass is 9.95. The summed E-state index contributed by atoms with van der Waals surface area (Å²) in [6.07, 6.45) is 6.40. The zero-order valence-corrected chi connectivity index (χ0v) is 10.8. The molecule has 1 aliphatic rings. The van der Waals surface area contributed by atoms with Gasteiger partial charge in [0.15, 0.2) is 0 Å². The fourth-order valence-electron chi connectivity index (χ4n) is 2.93. The maximum Gasteiger partial charge on any atom is 0.0807 e. The lowest BCUT2D eigenvalue weighted by Crippen LogP contribution is -2.12. The number of rotatable bonds is 1. The summed E-state index contributed by atoms with van der Waals surface area (Å²) in [5.74, 6) is 0. The van der Waals surface area contributed by atoms with Gasteiger partial charge in [-0.3, -0.25) is 4.98 Å². The standard InChI is InChI=1S/C15H18N2O/c1-10-9-16-7-6-13(10)17-11(2)8-12-14(17)4-3-5-15(12)18/h6-9,15,18H,3-5H2,1-2H3. The number of pyridine rings is 1. The van der Waals surface area contributed by atoms with Gasteiger partial charge in [0.1, 0.15) is 0 Å². The zero-order valence-electron chi connectivity index (χ0n) is 10.8. The summed E-state index contributed by atoms with van der Waals surface area (Å²) >= 11 is 0. The van der Waals surface area contributed by atoms with Gasteiger partial charge >= 0.3 is 0 Å². The lowest BCUT2D eigenvalue weighted by Gasteiger charge is -2.21. The highest BCUT2D eigenvalue weighted by atomic mass is 16.3. The molecule has 1 unspecified atom stereocenters. The zero-order chi connectivity index (χ0) is 12.7. The number of nitrogens with zero attached hydrogens (tertiary/aromatic N) is 2. The molecule has 1 atom stereocenters. The van der Waals surface area contributed by atoms with Gasteiger partial charge in [0.2, 0.25) is 0 Å². The summed E-state index contributed by atoms with van der Waals surface area (Å²) in [6.45, 7) is 4.18. The van der Waals surface area contributed by atoms with Crippen molar-refractivity contribution in [1.82, 2.24) is 9.55 Å². The minimum Gasteiger partial charge on any atom is -0.388 e. The van der Waals surface area contributed by atoms with E-state index in [1.54, 1.807) is 0 Å². The van der Waals surface area contributed by atoms with Gasteiger partial charge in [-0.05, 0) is 50.8 Å². The molecule has 0 spiro atoms. The summed E-state index contributed by atoms with van der Waals surface area (Å²) in [5, 5.41) is 10.1. The molecule has 0 bridgehead atoms. The normalized spacial score (nSPS) is 18.7. The van der Waals surface area contributed by atoms with Crippen molar-refractivity contribution < 1.29 is 5.11 Å². The van der Waals surface area contributed by atoms with Gasteiger partial charge in [0, 0.05) is 29.3 Å². The monoisotopic (exact) mass is 242 g/mol. The van der Waals surface area contributed by atoms with Crippen LogP contribution in [0.2, 0.25) is 0 Å². The van der Waals surface area contributed by atoms with Crippen LogP contribution < -0.4 is 0 Å². The molecule has 0 aromatic carbocycles. The van der Waals surface area contributed by atoms with Gasteiger partial charge in [-0.2, -0.15) is 0 Å². The minimum absolute atomic E-state index is 0.296. The molecule has 2 heterocycles. The third kappa shape index (κ3) is 1.66. The summed E-state index contributed by atoms with van der Waals surface area (Å²) in [4.78, 5) is 4.15. The van der Waals surface area contributed by atoms with Crippen molar-refractivity contribution >= 4 is 0 Å². The van der Waals surface area contributed by atoms with Crippen LogP contribution in [-0.4, -0.2) is 14.7 Å². The molecular weight excluding hydrogens is 224 g/mol. The van der Waals surface area contributed by atoms with Crippen LogP contribution in [0.1, 0.15) is 41.5 Å². The highest BCUT2D eigenvalue weighted by Crippen LogP contribution is 2.34. The number of hydrogen-bond donors (Lipinski definition) is 1. The number of aliphatic hydroxyl groups is 1. The Kier molecular flexibility index (Phi) is 2.71. The Morgan fingerprint density at radius 2 is 2.22 bits per heavy atom. The van der Waals surface area contributed by atoms with Crippen LogP contribution >= 0.6 is 0 Å². The molecule has 18 heavy (non-hydrogen) atoms. The number of aromatic nitrogens is 2. The van der Waals surface area contributed by atoms with E-state index in [9.17, 15) is 5.11 Å². The highest BCUT2D eigenvalue weighted by molar-refractivity contribution is 5.46. The second kappa shape index (κ2) is 4.25. The Bertz CT molecular complexity index is 586. The Hall–Kier alpha value is -1.61. The van der Waals surface area contributed by atoms with E-state index in [0.29, 0.717) is 0 Å². The number of fused-ring (bicyclic) bond motifs is 1. The number of aliphatic hydroxyl groups excluding tert-OH is 1. The molecule has 3 nitrogen and oxygen atoms in total. The lowest BCUT2D eigenvalue weighted by molar-refractivity contribution is 0.156. The molecule has 0 saturated heterocycles.